The fraction of sp³-hybridized carbons (Fsp3) is 0.941. The van der Waals surface area contributed by atoms with Crippen molar-refractivity contribution in [3.63, 3.8) is 0 Å². The van der Waals surface area contributed by atoms with Gasteiger partial charge in [-0.25, -0.2) is 9.13 Å². The fourth-order valence-electron chi connectivity index (χ4n) is 10.2. The van der Waals surface area contributed by atoms with E-state index in [0.717, 1.165) is 108 Å². The minimum Gasteiger partial charge on any atom is -0.462 e. The topological polar surface area (TPSA) is 237 Å². The molecule has 0 amide bonds. The van der Waals surface area contributed by atoms with Crippen LogP contribution in [0.15, 0.2) is 0 Å². The molecule has 0 bridgehead atoms. The Labute approximate surface area is 530 Å². The van der Waals surface area contributed by atoms with Gasteiger partial charge in [0.2, 0.25) is 0 Å². The lowest BCUT2D eigenvalue weighted by molar-refractivity contribution is -0.161. The summed E-state index contributed by atoms with van der Waals surface area (Å²) in [5, 5.41) is 10.5. The van der Waals surface area contributed by atoms with Crippen molar-refractivity contribution < 1.29 is 80.2 Å². The van der Waals surface area contributed by atoms with E-state index >= 15 is 0 Å². The van der Waals surface area contributed by atoms with Gasteiger partial charge in [0.15, 0.2) is 12.2 Å². The van der Waals surface area contributed by atoms with Crippen LogP contribution in [0, 0.1) is 17.8 Å². The van der Waals surface area contributed by atoms with E-state index < -0.39 is 97.5 Å². The van der Waals surface area contributed by atoms with E-state index in [1.807, 2.05) is 0 Å². The van der Waals surface area contributed by atoms with Crippen LogP contribution in [-0.2, 0) is 65.4 Å². The van der Waals surface area contributed by atoms with Crippen molar-refractivity contribution in [2.24, 2.45) is 17.8 Å². The SMILES string of the molecule is CCCCCCCC(=O)OC[C@H](COP(=O)(O)OC[C@H](O)COP(=O)(O)OC[C@@H](COC(=O)CCCCCCCCCCCCC(C)C)OC(=O)CCCCCCCCCCCCCCCCCCC(C)C)OC(=O)CCCCCCCCCC(C)C. The van der Waals surface area contributed by atoms with Crippen molar-refractivity contribution in [3.8, 4) is 0 Å². The van der Waals surface area contributed by atoms with E-state index in [1.165, 1.54) is 141 Å². The molecule has 87 heavy (non-hydrogen) atoms. The van der Waals surface area contributed by atoms with Gasteiger partial charge in [-0.2, -0.15) is 0 Å². The monoisotopic (exact) mass is 1280 g/mol. The van der Waals surface area contributed by atoms with Crippen LogP contribution in [-0.4, -0.2) is 96.7 Å². The number of ether oxygens (including phenoxy) is 4. The van der Waals surface area contributed by atoms with E-state index in [2.05, 4.69) is 48.5 Å². The highest BCUT2D eigenvalue weighted by Gasteiger charge is 2.30. The van der Waals surface area contributed by atoms with Gasteiger partial charge in [-0.3, -0.25) is 37.3 Å². The first-order valence-electron chi connectivity index (χ1n) is 35.3. The molecule has 0 aromatic heterocycles. The molecule has 3 N–H and O–H groups in total. The molecule has 0 aliphatic heterocycles. The average Bonchev–Trinajstić information content (AvgIpc) is 3.68. The zero-order chi connectivity index (χ0) is 64.5. The Morgan fingerprint density at radius 1 is 0.310 bits per heavy atom. The molecule has 0 radical (unpaired) electrons. The van der Waals surface area contributed by atoms with Gasteiger partial charge in [-0.1, -0.05) is 286 Å². The van der Waals surface area contributed by atoms with Crippen molar-refractivity contribution in [3.05, 3.63) is 0 Å². The number of hydrogen-bond donors (Lipinski definition) is 3. The Bertz CT molecular complexity index is 1720. The third-order valence-electron chi connectivity index (χ3n) is 15.6. The maximum absolute atomic E-state index is 13.0. The molecule has 0 rings (SSSR count). The molecular formula is C68H132O17P2. The van der Waals surface area contributed by atoms with E-state index in [1.54, 1.807) is 0 Å². The molecule has 17 nitrogen and oxygen atoms in total. The van der Waals surface area contributed by atoms with Gasteiger partial charge < -0.3 is 33.8 Å². The molecule has 0 spiro atoms. The molecule has 2 unspecified atom stereocenters. The second-order valence-corrected chi connectivity index (χ2v) is 28.9. The van der Waals surface area contributed by atoms with Crippen LogP contribution in [0.3, 0.4) is 0 Å². The number of phosphoric ester groups is 2. The summed E-state index contributed by atoms with van der Waals surface area (Å²) in [5.41, 5.74) is 0. The molecule has 0 saturated heterocycles. The number of unbranched alkanes of at least 4 members (excludes halogenated alkanes) is 34. The van der Waals surface area contributed by atoms with Crippen molar-refractivity contribution in [1.82, 2.24) is 0 Å². The van der Waals surface area contributed by atoms with E-state index in [-0.39, 0.29) is 25.7 Å². The quantitative estimate of drug-likeness (QED) is 0.0222. The highest BCUT2D eigenvalue weighted by atomic mass is 31.2. The van der Waals surface area contributed by atoms with E-state index in [4.69, 9.17) is 37.0 Å². The number of rotatable bonds is 66. The summed E-state index contributed by atoms with van der Waals surface area (Å²) < 4.78 is 67.9. The van der Waals surface area contributed by atoms with Crippen molar-refractivity contribution in [1.29, 1.82) is 0 Å². The number of esters is 4. The number of carbonyl (C=O) groups is 4. The predicted molar refractivity (Wildman–Crippen MR) is 349 cm³/mol. The van der Waals surface area contributed by atoms with Crippen LogP contribution in [0.2, 0.25) is 0 Å². The normalized spacial score (nSPS) is 14.3. The van der Waals surface area contributed by atoms with Crippen LogP contribution >= 0.6 is 15.6 Å². The van der Waals surface area contributed by atoms with Gasteiger partial charge in [-0.05, 0) is 43.4 Å². The largest absolute Gasteiger partial charge is 0.472 e. The molecule has 516 valence electrons. The maximum Gasteiger partial charge on any atom is 0.472 e. The standard InChI is InChI=1S/C68H132O17P2/c1-8-9-10-32-42-49-65(70)78-55-63(84-68(73)52-45-38-31-25-28-35-41-48-61(6)7)57-82-86(74,75)80-53-62(69)54-81-87(76,77)83-58-64(56-79-66(71)50-43-36-29-23-20-19-22-27-34-40-47-60(4)5)85-67(72)51-44-37-30-24-18-16-14-12-11-13-15-17-21-26-33-39-46-59(2)3/h59-64,69H,8-58H2,1-7H3,(H,74,75)(H,76,77)/t62-,63+,64+/m0/s1. The molecule has 0 aromatic rings. The third-order valence-corrected chi connectivity index (χ3v) is 17.5. The lowest BCUT2D eigenvalue weighted by Gasteiger charge is -2.21. The van der Waals surface area contributed by atoms with Gasteiger partial charge in [0.25, 0.3) is 0 Å². The molecule has 0 aliphatic rings. The van der Waals surface area contributed by atoms with Crippen molar-refractivity contribution >= 4 is 39.5 Å². The highest BCUT2D eigenvalue weighted by molar-refractivity contribution is 7.47. The predicted octanol–water partition coefficient (Wildman–Crippen LogP) is 19.1. The summed E-state index contributed by atoms with van der Waals surface area (Å²) in [6.07, 6.45) is 42.2. The molecule has 0 fully saturated rings. The van der Waals surface area contributed by atoms with Crippen LogP contribution in [0.25, 0.3) is 0 Å². The molecule has 0 saturated carbocycles. The fourth-order valence-corrected chi connectivity index (χ4v) is 11.8. The minimum absolute atomic E-state index is 0.102. The van der Waals surface area contributed by atoms with Crippen LogP contribution in [0.5, 0.6) is 0 Å². The average molecular weight is 1280 g/mol. The van der Waals surface area contributed by atoms with Crippen LogP contribution in [0.4, 0.5) is 0 Å². The third kappa shape index (κ3) is 62.6. The van der Waals surface area contributed by atoms with Crippen LogP contribution in [0.1, 0.15) is 337 Å². The Balaban J connectivity index is 5.14. The lowest BCUT2D eigenvalue weighted by atomic mass is 10.0. The number of aliphatic hydroxyl groups excluding tert-OH is 1. The lowest BCUT2D eigenvalue weighted by Crippen LogP contribution is -2.30. The number of phosphoric acid groups is 2. The van der Waals surface area contributed by atoms with Gasteiger partial charge in [0.1, 0.15) is 19.3 Å². The molecule has 0 heterocycles. The van der Waals surface area contributed by atoms with Crippen molar-refractivity contribution in [2.45, 2.75) is 356 Å². The zero-order valence-electron chi connectivity index (χ0n) is 56.5. The molecule has 0 aromatic carbocycles. The summed E-state index contributed by atoms with van der Waals surface area (Å²) in [4.78, 5) is 72.1. The van der Waals surface area contributed by atoms with Gasteiger partial charge in [0, 0.05) is 25.7 Å². The van der Waals surface area contributed by atoms with Gasteiger partial charge in [0.05, 0.1) is 26.4 Å². The van der Waals surface area contributed by atoms with E-state index in [9.17, 15) is 43.2 Å². The molecule has 19 heteroatoms. The van der Waals surface area contributed by atoms with Gasteiger partial charge in [-0.15, -0.1) is 0 Å². The second-order valence-electron chi connectivity index (χ2n) is 26.0. The summed E-state index contributed by atoms with van der Waals surface area (Å²) in [7, 11) is -9.89. The Morgan fingerprint density at radius 2 is 0.529 bits per heavy atom. The van der Waals surface area contributed by atoms with Crippen LogP contribution < -0.4 is 0 Å². The Hall–Kier alpha value is -1.94. The Kier molecular flexibility index (Phi) is 57.8. The molecule has 0 aliphatic carbocycles. The molecule has 5 atom stereocenters. The first kappa shape index (κ1) is 85.1. The number of aliphatic hydroxyl groups is 1. The minimum atomic E-state index is -4.95. The number of hydrogen-bond acceptors (Lipinski definition) is 15. The molecular weight excluding hydrogens is 1150 g/mol. The highest BCUT2D eigenvalue weighted by Crippen LogP contribution is 2.45. The summed E-state index contributed by atoms with van der Waals surface area (Å²) in [6.45, 7) is 11.7. The smallest absolute Gasteiger partial charge is 0.462 e. The van der Waals surface area contributed by atoms with Gasteiger partial charge >= 0.3 is 39.5 Å². The summed E-state index contributed by atoms with van der Waals surface area (Å²) >= 11 is 0. The van der Waals surface area contributed by atoms with Crippen molar-refractivity contribution in [2.75, 3.05) is 39.6 Å². The summed E-state index contributed by atoms with van der Waals surface area (Å²) in [5.74, 6) is 0.121. The van der Waals surface area contributed by atoms with E-state index in [0.29, 0.717) is 31.6 Å². The zero-order valence-corrected chi connectivity index (χ0v) is 58.3. The maximum atomic E-state index is 13.0. The first-order valence-corrected chi connectivity index (χ1v) is 38.3. The summed E-state index contributed by atoms with van der Waals surface area (Å²) in [6, 6.07) is 0. The first-order chi connectivity index (χ1) is 41.7. The second kappa shape index (κ2) is 59.1. The Morgan fingerprint density at radius 3 is 0.782 bits per heavy atom. The number of carbonyl (C=O) groups excluding carboxylic acids is 4.